The van der Waals surface area contributed by atoms with E-state index in [2.05, 4.69) is 12.1 Å². The fourth-order valence-corrected chi connectivity index (χ4v) is 2.38. The molecule has 0 atom stereocenters. The van der Waals surface area contributed by atoms with Gasteiger partial charge in [-0.2, -0.15) is 0 Å². The Labute approximate surface area is 71.8 Å². The minimum absolute atomic E-state index is 1.22. The average Bonchev–Trinajstić information content (AvgIpc) is 2.28. The minimum Gasteiger partial charge on any atom is -0.400 e. The molecule has 0 unspecified atom stereocenters. The van der Waals surface area contributed by atoms with E-state index in [9.17, 15) is 0 Å². The summed E-state index contributed by atoms with van der Waals surface area (Å²) in [5, 5.41) is 1.22. The summed E-state index contributed by atoms with van der Waals surface area (Å²) in [4.78, 5) is 0. The highest BCUT2D eigenvalue weighted by molar-refractivity contribution is 7.68. The molecule has 1 heterocycles. The quantitative estimate of drug-likeness (QED) is 0.566. The molecule has 1 aromatic heterocycles. The van der Waals surface area contributed by atoms with E-state index in [0.29, 0.717) is 0 Å². The molecule has 0 aliphatic carbocycles. The van der Waals surface area contributed by atoms with Crippen molar-refractivity contribution in [3.8, 4) is 0 Å². The summed E-state index contributed by atoms with van der Waals surface area (Å²) < 4.78 is 6.33. The van der Waals surface area contributed by atoms with Gasteiger partial charge in [-0.25, -0.2) is 0 Å². The first-order valence-corrected chi connectivity index (χ1v) is 5.30. The molecule has 0 saturated carbocycles. The lowest BCUT2D eigenvalue weighted by Gasteiger charge is -1.85. The van der Waals surface area contributed by atoms with Gasteiger partial charge in [-0.15, -0.1) is 0 Å². The fourth-order valence-electron chi connectivity index (χ4n) is 0.874. The topological polar surface area (TPSA) is 13.1 Å². The third kappa shape index (κ3) is 1.44. The van der Waals surface area contributed by atoms with Gasteiger partial charge in [0.2, 0.25) is 0 Å². The molecule has 3 heteroatoms. The molecule has 11 heavy (non-hydrogen) atoms. The van der Waals surface area contributed by atoms with Crippen LogP contribution in [0.4, 0.5) is 0 Å². The fraction of sp³-hybridized carbons (Fsp3) is 0. The van der Waals surface area contributed by atoms with Crippen LogP contribution in [0, 0.1) is 0 Å². The summed E-state index contributed by atoms with van der Waals surface area (Å²) in [5.74, 6) is 0. The molecule has 0 spiro atoms. The van der Waals surface area contributed by atoms with Crippen molar-refractivity contribution in [1.29, 1.82) is 0 Å². The van der Waals surface area contributed by atoms with E-state index in [1.807, 2.05) is 18.2 Å². The lowest BCUT2D eigenvalue weighted by atomic mass is 10.3. The van der Waals surface area contributed by atoms with E-state index in [0.717, 1.165) is 0 Å². The van der Waals surface area contributed by atoms with E-state index < -0.39 is 0 Å². The van der Waals surface area contributed by atoms with Crippen LogP contribution in [0.5, 0.6) is 0 Å². The van der Waals surface area contributed by atoms with Crippen LogP contribution in [0.15, 0.2) is 40.4 Å². The first-order valence-electron chi connectivity index (χ1n) is 3.22. The third-order valence-electron chi connectivity index (χ3n) is 1.39. The summed E-state index contributed by atoms with van der Waals surface area (Å²) in [6.07, 6.45) is 1.71. The third-order valence-corrected chi connectivity index (χ3v) is 3.17. The van der Waals surface area contributed by atoms with Crippen LogP contribution in [0.2, 0.25) is 0 Å². The Morgan fingerprint density at radius 1 is 1.09 bits per heavy atom. The first kappa shape index (κ1) is 6.88. The van der Waals surface area contributed by atoms with Gasteiger partial charge in [0.1, 0.15) is 16.9 Å². The Morgan fingerprint density at radius 2 is 2.00 bits per heavy atom. The van der Waals surface area contributed by atoms with Crippen molar-refractivity contribution >= 4 is 31.1 Å². The predicted molar refractivity (Wildman–Crippen MR) is 49.6 cm³/mol. The number of hydrogen-bond donors (Lipinski definition) is 0. The molecule has 1 aromatic carbocycles. The molecule has 0 aliphatic heterocycles. The zero-order valence-electron chi connectivity index (χ0n) is 5.69. The summed E-state index contributed by atoms with van der Waals surface area (Å²) in [6.45, 7) is 0. The summed E-state index contributed by atoms with van der Waals surface area (Å²) >= 11 is 0. The summed E-state index contributed by atoms with van der Waals surface area (Å²) in [5.41, 5.74) is 0. The van der Waals surface area contributed by atoms with Crippen molar-refractivity contribution in [2.24, 2.45) is 0 Å². The lowest BCUT2D eigenvalue weighted by molar-refractivity contribution is 0.688. The van der Waals surface area contributed by atoms with Crippen LogP contribution in [0.25, 0.3) is 10.1 Å². The monoisotopic (exact) mass is 182 g/mol. The molecule has 1 nitrogen and oxygen atoms in total. The molecule has 0 bridgehead atoms. The highest BCUT2D eigenvalue weighted by Gasteiger charge is 1.86. The number of rotatable bonds is 0. The van der Waals surface area contributed by atoms with Crippen LogP contribution in [-0.2, 0) is 0 Å². The highest BCUT2D eigenvalue weighted by Crippen LogP contribution is 2.18. The zero-order valence-corrected chi connectivity index (χ0v) is 7.32. The second-order valence-corrected chi connectivity index (χ2v) is 3.93. The second-order valence-electron chi connectivity index (χ2n) is 2.09. The maximum atomic E-state index is 5.08. The van der Waals surface area contributed by atoms with Crippen molar-refractivity contribution in [3.63, 3.8) is 0 Å². The van der Waals surface area contributed by atoms with Gasteiger partial charge >= 0.3 is 0 Å². The summed E-state index contributed by atoms with van der Waals surface area (Å²) in [7, 11) is 3.03. The number of hydrogen-bond acceptors (Lipinski definition) is 3. The molecule has 0 aliphatic rings. The predicted octanol–water partition coefficient (Wildman–Crippen LogP) is 3.68. The van der Waals surface area contributed by atoms with Gasteiger partial charge in [0.15, 0.2) is 0 Å². The smallest absolute Gasteiger partial charge is 0.109 e. The van der Waals surface area contributed by atoms with Crippen LogP contribution < -0.4 is 0 Å². The van der Waals surface area contributed by atoms with Gasteiger partial charge in [0.05, 0.1) is 0 Å². The molecule has 2 aromatic rings. The van der Waals surface area contributed by atoms with E-state index in [1.165, 1.54) is 20.7 Å². The maximum absolute atomic E-state index is 5.08. The van der Waals surface area contributed by atoms with Crippen LogP contribution in [0.3, 0.4) is 0 Å². The van der Waals surface area contributed by atoms with Gasteiger partial charge in [0.25, 0.3) is 0 Å². The van der Waals surface area contributed by atoms with E-state index in [4.69, 9.17) is 3.85 Å². The van der Waals surface area contributed by atoms with E-state index >= 15 is 0 Å². The highest BCUT2D eigenvalue weighted by atomic mass is 32.9. The Morgan fingerprint density at radius 3 is 3.00 bits per heavy atom. The normalized spacial score (nSPS) is 9.82. The standard InChI is InChI=1S/C8H6OS2/c1-2-4-8-7(3-1)5-6-9-11-10-8/h1-6H. The molecule has 56 valence electrons. The van der Waals surface area contributed by atoms with Crippen LogP contribution in [0.1, 0.15) is 0 Å². The number of benzene rings is 1. The second kappa shape index (κ2) is 3.07. The molecular weight excluding hydrogens is 176 g/mol. The molecule has 0 fully saturated rings. The molecule has 2 rings (SSSR count). The van der Waals surface area contributed by atoms with Gasteiger partial charge in [-0.1, -0.05) is 18.2 Å². The summed E-state index contributed by atoms with van der Waals surface area (Å²) in [6, 6.07) is 10.2. The van der Waals surface area contributed by atoms with Crippen molar-refractivity contribution in [2.45, 2.75) is 0 Å². The van der Waals surface area contributed by atoms with Gasteiger partial charge in [-0.05, 0) is 27.9 Å². The number of fused-ring (bicyclic) bond motifs is 1. The maximum Gasteiger partial charge on any atom is 0.109 e. The van der Waals surface area contributed by atoms with Gasteiger partial charge in [-0.3, -0.25) is 0 Å². The Balaban J connectivity index is 2.90. The molecule has 0 amide bonds. The van der Waals surface area contributed by atoms with Crippen LogP contribution >= 0.6 is 21.0 Å². The molecule has 0 N–H and O–H groups in total. The Hall–Kier alpha value is -0.800. The SMILES string of the molecule is c1ccc2ssoccc2c1. The van der Waals surface area contributed by atoms with Crippen molar-refractivity contribution < 1.29 is 3.85 Å². The molecular formula is C8H6OS2. The zero-order chi connectivity index (χ0) is 7.52. The lowest BCUT2D eigenvalue weighted by Crippen LogP contribution is -1.59. The van der Waals surface area contributed by atoms with Crippen molar-refractivity contribution in [3.05, 3.63) is 36.6 Å². The minimum atomic E-state index is 1.22. The Kier molecular flexibility index (Phi) is 1.92. The average molecular weight is 182 g/mol. The molecule has 0 saturated heterocycles. The first-order chi connectivity index (χ1) is 5.47. The van der Waals surface area contributed by atoms with Gasteiger partial charge < -0.3 is 3.85 Å². The van der Waals surface area contributed by atoms with Gasteiger partial charge in [0, 0.05) is 4.70 Å². The van der Waals surface area contributed by atoms with Crippen LogP contribution in [-0.4, -0.2) is 0 Å². The van der Waals surface area contributed by atoms with E-state index in [-0.39, 0.29) is 0 Å². The van der Waals surface area contributed by atoms with Crippen molar-refractivity contribution in [2.75, 3.05) is 0 Å². The Bertz CT molecular complexity index is 346. The largest absolute Gasteiger partial charge is 0.400 e. The van der Waals surface area contributed by atoms with E-state index in [1.54, 1.807) is 16.6 Å². The molecule has 0 radical (unpaired) electrons. The van der Waals surface area contributed by atoms with Crippen molar-refractivity contribution in [1.82, 2.24) is 0 Å².